The number of piperidine rings is 1. The molecule has 1 N–H and O–H groups in total. The molecule has 0 spiro atoms. The second-order valence-electron chi connectivity index (χ2n) is 5.58. The Hall–Kier alpha value is -0.850. The van der Waals surface area contributed by atoms with Crippen molar-refractivity contribution in [3.8, 4) is 0 Å². The van der Waals surface area contributed by atoms with Crippen molar-refractivity contribution in [3.05, 3.63) is 23.7 Å². The summed E-state index contributed by atoms with van der Waals surface area (Å²) in [5.74, 6) is 2.21. The zero-order valence-electron chi connectivity index (χ0n) is 12.4. The third kappa shape index (κ3) is 3.84. The van der Waals surface area contributed by atoms with Gasteiger partial charge in [-0.05, 0) is 31.4 Å². The summed E-state index contributed by atoms with van der Waals surface area (Å²) in [7, 11) is -3.07. The van der Waals surface area contributed by atoms with Gasteiger partial charge in [-0.3, -0.25) is 0 Å². The molecule has 114 valence electrons. The van der Waals surface area contributed by atoms with Crippen molar-refractivity contribution in [2.45, 2.75) is 39.3 Å². The molecule has 0 amide bonds. The van der Waals surface area contributed by atoms with Gasteiger partial charge in [0.2, 0.25) is 10.0 Å². The molecule has 0 bridgehead atoms. The highest BCUT2D eigenvalue weighted by Gasteiger charge is 2.31. The minimum Gasteiger partial charge on any atom is -0.465 e. The maximum Gasteiger partial charge on any atom is 0.211 e. The minimum absolute atomic E-state index is 0.350. The highest BCUT2D eigenvalue weighted by molar-refractivity contribution is 7.88. The second kappa shape index (κ2) is 6.28. The van der Waals surface area contributed by atoms with Crippen LogP contribution in [0, 0.1) is 12.8 Å². The van der Waals surface area contributed by atoms with Crippen molar-refractivity contribution < 1.29 is 12.8 Å². The molecule has 2 heterocycles. The quantitative estimate of drug-likeness (QED) is 0.899. The van der Waals surface area contributed by atoms with Crippen LogP contribution >= 0.6 is 0 Å². The fourth-order valence-electron chi connectivity index (χ4n) is 2.79. The van der Waals surface area contributed by atoms with Crippen LogP contribution in [0.2, 0.25) is 0 Å². The number of nitrogens with one attached hydrogen (secondary N) is 1. The molecule has 2 rings (SSSR count). The molecule has 2 unspecified atom stereocenters. The Balaban J connectivity index is 1.92. The Morgan fingerprint density at radius 1 is 1.45 bits per heavy atom. The number of nitrogens with zero attached hydrogens (tertiary/aromatic N) is 1. The third-order valence-corrected chi connectivity index (χ3v) is 5.29. The Bertz CT molecular complexity index is 538. The average Bonchev–Trinajstić information content (AvgIpc) is 2.81. The zero-order valence-corrected chi connectivity index (χ0v) is 13.2. The molecule has 2 atom stereocenters. The standard InChI is InChI=1S/C14H24N2O3S/c1-4-12-10-16(20(3,17)18)8-7-14(12)15-9-13-6-5-11(2)19-13/h5-6,12,14-15H,4,7-10H2,1-3H3. The van der Waals surface area contributed by atoms with E-state index in [1.165, 1.54) is 6.26 Å². The number of hydrogen-bond acceptors (Lipinski definition) is 4. The van der Waals surface area contributed by atoms with Crippen molar-refractivity contribution in [1.82, 2.24) is 9.62 Å². The summed E-state index contributed by atoms with van der Waals surface area (Å²) < 4.78 is 30.4. The van der Waals surface area contributed by atoms with Gasteiger partial charge in [-0.25, -0.2) is 12.7 Å². The number of rotatable bonds is 5. The van der Waals surface area contributed by atoms with Crippen LogP contribution in [0.4, 0.5) is 0 Å². The molecule has 6 heteroatoms. The molecular weight excluding hydrogens is 276 g/mol. The molecule has 1 aliphatic rings. The molecule has 1 aromatic heterocycles. The SMILES string of the molecule is CCC1CN(S(C)(=O)=O)CCC1NCc1ccc(C)o1. The molecule has 1 saturated heterocycles. The topological polar surface area (TPSA) is 62.6 Å². The second-order valence-corrected chi connectivity index (χ2v) is 7.56. The van der Waals surface area contributed by atoms with E-state index in [9.17, 15) is 8.42 Å². The first-order chi connectivity index (χ1) is 9.40. The first kappa shape index (κ1) is 15.5. The maximum absolute atomic E-state index is 11.6. The van der Waals surface area contributed by atoms with Crippen molar-refractivity contribution in [1.29, 1.82) is 0 Å². The van der Waals surface area contributed by atoms with Gasteiger partial charge < -0.3 is 9.73 Å². The predicted molar refractivity (Wildman–Crippen MR) is 78.9 cm³/mol. The molecular formula is C14H24N2O3S. The van der Waals surface area contributed by atoms with E-state index in [2.05, 4.69) is 12.2 Å². The molecule has 0 aliphatic carbocycles. The molecule has 20 heavy (non-hydrogen) atoms. The third-order valence-electron chi connectivity index (χ3n) is 4.02. The van der Waals surface area contributed by atoms with Gasteiger partial charge in [0.25, 0.3) is 0 Å². The van der Waals surface area contributed by atoms with E-state index >= 15 is 0 Å². The molecule has 0 radical (unpaired) electrons. The van der Waals surface area contributed by atoms with Crippen LogP contribution in [0.3, 0.4) is 0 Å². The van der Waals surface area contributed by atoms with E-state index in [-0.39, 0.29) is 0 Å². The summed E-state index contributed by atoms with van der Waals surface area (Å²) in [5.41, 5.74) is 0. The highest BCUT2D eigenvalue weighted by atomic mass is 32.2. The molecule has 1 aromatic rings. The van der Waals surface area contributed by atoms with Crippen LogP contribution in [-0.2, 0) is 16.6 Å². The summed E-state index contributed by atoms with van der Waals surface area (Å²) in [4.78, 5) is 0. The molecule has 0 aromatic carbocycles. The highest BCUT2D eigenvalue weighted by Crippen LogP contribution is 2.22. The monoisotopic (exact) mass is 300 g/mol. The zero-order chi connectivity index (χ0) is 14.8. The fraction of sp³-hybridized carbons (Fsp3) is 0.714. The summed E-state index contributed by atoms with van der Waals surface area (Å²) in [6.07, 6.45) is 3.12. The van der Waals surface area contributed by atoms with Crippen LogP contribution in [0.25, 0.3) is 0 Å². The van der Waals surface area contributed by atoms with Crippen LogP contribution in [0.1, 0.15) is 31.3 Å². The van der Waals surface area contributed by atoms with E-state index in [0.29, 0.717) is 31.6 Å². The van der Waals surface area contributed by atoms with Gasteiger partial charge >= 0.3 is 0 Å². The molecule has 1 aliphatic heterocycles. The van der Waals surface area contributed by atoms with Gasteiger partial charge in [-0.1, -0.05) is 13.3 Å². The molecule has 1 fully saturated rings. The first-order valence-electron chi connectivity index (χ1n) is 7.14. The number of hydrogen-bond donors (Lipinski definition) is 1. The lowest BCUT2D eigenvalue weighted by Gasteiger charge is -2.37. The minimum atomic E-state index is -3.07. The predicted octanol–water partition coefficient (Wildman–Crippen LogP) is 1.74. The first-order valence-corrected chi connectivity index (χ1v) is 8.98. The fourth-order valence-corrected chi connectivity index (χ4v) is 3.69. The Labute approximate surface area is 121 Å². The summed E-state index contributed by atoms with van der Waals surface area (Å²) in [6, 6.07) is 4.29. The summed E-state index contributed by atoms with van der Waals surface area (Å²) in [6.45, 7) is 5.97. The smallest absolute Gasteiger partial charge is 0.211 e. The van der Waals surface area contributed by atoms with Crippen LogP contribution in [-0.4, -0.2) is 38.1 Å². The van der Waals surface area contributed by atoms with Crippen molar-refractivity contribution >= 4 is 10.0 Å². The van der Waals surface area contributed by atoms with Crippen molar-refractivity contribution in [2.24, 2.45) is 5.92 Å². The number of sulfonamides is 1. The maximum atomic E-state index is 11.6. The Morgan fingerprint density at radius 2 is 2.20 bits per heavy atom. The summed E-state index contributed by atoms with van der Waals surface area (Å²) >= 11 is 0. The van der Waals surface area contributed by atoms with E-state index in [1.807, 2.05) is 19.1 Å². The summed E-state index contributed by atoms with van der Waals surface area (Å²) in [5, 5.41) is 3.51. The van der Waals surface area contributed by atoms with E-state index < -0.39 is 10.0 Å². The Morgan fingerprint density at radius 3 is 2.75 bits per heavy atom. The largest absolute Gasteiger partial charge is 0.465 e. The lowest BCUT2D eigenvalue weighted by atomic mass is 9.91. The lowest BCUT2D eigenvalue weighted by Crippen LogP contribution is -2.50. The van der Waals surface area contributed by atoms with Crippen LogP contribution in [0.5, 0.6) is 0 Å². The van der Waals surface area contributed by atoms with Gasteiger partial charge in [0.1, 0.15) is 11.5 Å². The van der Waals surface area contributed by atoms with E-state index in [1.54, 1.807) is 4.31 Å². The van der Waals surface area contributed by atoms with Gasteiger partial charge in [-0.15, -0.1) is 0 Å². The number of aryl methyl sites for hydroxylation is 1. The Kier molecular flexibility index (Phi) is 4.88. The van der Waals surface area contributed by atoms with Crippen LogP contribution < -0.4 is 5.32 Å². The average molecular weight is 300 g/mol. The van der Waals surface area contributed by atoms with Crippen molar-refractivity contribution in [3.63, 3.8) is 0 Å². The molecule has 5 nitrogen and oxygen atoms in total. The lowest BCUT2D eigenvalue weighted by molar-refractivity contribution is 0.199. The normalized spacial score (nSPS) is 24.9. The number of furan rings is 1. The van der Waals surface area contributed by atoms with Gasteiger partial charge in [0.15, 0.2) is 0 Å². The van der Waals surface area contributed by atoms with Crippen LogP contribution in [0.15, 0.2) is 16.5 Å². The molecule has 0 saturated carbocycles. The van der Waals surface area contributed by atoms with Gasteiger partial charge in [-0.2, -0.15) is 0 Å². The van der Waals surface area contributed by atoms with Gasteiger partial charge in [0.05, 0.1) is 12.8 Å². The van der Waals surface area contributed by atoms with E-state index in [0.717, 1.165) is 24.4 Å². The van der Waals surface area contributed by atoms with Crippen molar-refractivity contribution in [2.75, 3.05) is 19.3 Å². The van der Waals surface area contributed by atoms with Gasteiger partial charge in [0, 0.05) is 19.1 Å². The van der Waals surface area contributed by atoms with E-state index in [4.69, 9.17) is 4.42 Å².